The molecule has 19 heavy (non-hydrogen) atoms. The van der Waals surface area contributed by atoms with Crippen LogP contribution >= 0.6 is 24.0 Å². The second-order valence-corrected chi connectivity index (χ2v) is 4.50. The number of likely N-dealkylation sites (N-methyl/N-ethyl adjacent to an activating group) is 1. The molecule has 1 aliphatic heterocycles. The topological polar surface area (TPSA) is 79.7 Å². The molecule has 108 valence electrons. The lowest BCUT2D eigenvalue weighted by molar-refractivity contribution is 0.267. The van der Waals surface area contributed by atoms with Gasteiger partial charge in [-0.2, -0.15) is 0 Å². The summed E-state index contributed by atoms with van der Waals surface area (Å²) in [4.78, 5) is 6.69. The van der Waals surface area contributed by atoms with Gasteiger partial charge in [0.2, 0.25) is 0 Å². The van der Waals surface area contributed by atoms with Crippen LogP contribution in [-0.2, 0) is 6.54 Å². The van der Waals surface area contributed by atoms with Crippen LogP contribution in [0.3, 0.4) is 0 Å². The highest BCUT2D eigenvalue weighted by Crippen LogP contribution is 2.15. The zero-order chi connectivity index (χ0) is 12.8. The quantitative estimate of drug-likeness (QED) is 0.456. The third kappa shape index (κ3) is 4.98. The smallest absolute Gasteiger partial charge is 0.189 e. The van der Waals surface area contributed by atoms with Crippen LogP contribution in [-0.4, -0.2) is 41.7 Å². The van der Waals surface area contributed by atoms with Crippen molar-refractivity contribution in [3.63, 3.8) is 0 Å². The van der Waals surface area contributed by atoms with E-state index >= 15 is 0 Å². The number of likely N-dealkylation sites (tertiary alicyclic amines) is 1. The van der Waals surface area contributed by atoms with Gasteiger partial charge >= 0.3 is 0 Å². The number of nitrogens with one attached hydrogen (secondary N) is 1. The molecule has 0 radical (unpaired) electrons. The summed E-state index contributed by atoms with van der Waals surface area (Å²) in [5, 5.41) is 6.96. The van der Waals surface area contributed by atoms with Gasteiger partial charge in [0.1, 0.15) is 12.0 Å². The lowest BCUT2D eigenvalue weighted by Gasteiger charge is -2.23. The molecule has 0 aromatic carbocycles. The number of hydrogen-bond acceptors (Lipinski definition) is 4. The van der Waals surface area contributed by atoms with Gasteiger partial charge in [-0.05, 0) is 25.9 Å². The Balaban J connectivity index is 0.00000180. The van der Waals surface area contributed by atoms with E-state index in [2.05, 4.69) is 27.3 Å². The van der Waals surface area contributed by atoms with E-state index in [0.717, 1.165) is 18.8 Å². The normalized spacial score (nSPS) is 20.3. The fourth-order valence-electron chi connectivity index (χ4n) is 2.31. The van der Waals surface area contributed by atoms with Crippen molar-refractivity contribution in [2.45, 2.75) is 32.4 Å². The monoisotopic (exact) mass is 379 g/mol. The van der Waals surface area contributed by atoms with E-state index in [9.17, 15) is 0 Å². The van der Waals surface area contributed by atoms with Crippen molar-refractivity contribution < 1.29 is 4.52 Å². The molecule has 1 fully saturated rings. The number of nitrogens with zero attached hydrogens (tertiary/aromatic N) is 3. The van der Waals surface area contributed by atoms with Gasteiger partial charge in [-0.15, -0.1) is 24.0 Å². The van der Waals surface area contributed by atoms with Crippen molar-refractivity contribution in [2.24, 2.45) is 10.7 Å². The van der Waals surface area contributed by atoms with Gasteiger partial charge in [-0.1, -0.05) is 12.1 Å². The third-order valence-electron chi connectivity index (χ3n) is 3.33. The van der Waals surface area contributed by atoms with Gasteiger partial charge in [0, 0.05) is 18.7 Å². The standard InChI is InChI=1S/C12H21N5O.HI/c1-2-17-6-3-4-11(17)9-15-12(13)14-8-10-5-7-18-16-10;/h5,7,11H,2-4,6,8-9H2,1H3,(H3,13,14,15);1H. The van der Waals surface area contributed by atoms with Crippen LogP contribution in [0.15, 0.2) is 21.8 Å². The Kier molecular flexibility index (Phi) is 7.14. The zero-order valence-electron chi connectivity index (χ0n) is 11.2. The Labute approximate surface area is 130 Å². The molecule has 2 rings (SSSR count). The molecule has 0 amide bonds. The Hall–Kier alpha value is -0.830. The minimum atomic E-state index is 0. The molecule has 7 heteroatoms. The number of hydrogen-bond donors (Lipinski definition) is 2. The molecule has 6 nitrogen and oxygen atoms in total. The summed E-state index contributed by atoms with van der Waals surface area (Å²) < 4.78 is 4.73. The zero-order valence-corrected chi connectivity index (χ0v) is 13.5. The maximum Gasteiger partial charge on any atom is 0.189 e. The second-order valence-electron chi connectivity index (χ2n) is 4.50. The van der Waals surface area contributed by atoms with Gasteiger partial charge in [0.25, 0.3) is 0 Å². The molecule has 1 aromatic heterocycles. The lowest BCUT2D eigenvalue weighted by atomic mass is 10.2. The lowest BCUT2D eigenvalue weighted by Crippen LogP contribution is -2.42. The van der Waals surface area contributed by atoms with Crippen molar-refractivity contribution in [1.29, 1.82) is 0 Å². The highest BCUT2D eigenvalue weighted by Gasteiger charge is 2.22. The molecule has 1 aliphatic rings. The van der Waals surface area contributed by atoms with E-state index in [1.807, 2.05) is 0 Å². The summed E-state index contributed by atoms with van der Waals surface area (Å²) in [5.41, 5.74) is 6.61. The first kappa shape index (κ1) is 16.2. The number of rotatable bonds is 5. The van der Waals surface area contributed by atoms with Crippen LogP contribution in [0.25, 0.3) is 0 Å². The molecule has 1 atom stereocenters. The number of guanidine groups is 1. The molecular weight excluding hydrogens is 357 g/mol. The summed E-state index contributed by atoms with van der Waals surface area (Å²) in [5.74, 6) is 0.473. The Morgan fingerprint density at radius 1 is 1.68 bits per heavy atom. The van der Waals surface area contributed by atoms with Crippen molar-refractivity contribution >= 4 is 29.9 Å². The van der Waals surface area contributed by atoms with Gasteiger partial charge in [0.15, 0.2) is 5.96 Å². The summed E-state index contributed by atoms with van der Waals surface area (Å²) in [6, 6.07) is 2.36. The molecule has 3 N–H and O–H groups in total. The van der Waals surface area contributed by atoms with E-state index in [4.69, 9.17) is 10.3 Å². The SMILES string of the molecule is CCN1CCCC1CNC(N)=NCc1ccon1.I. The van der Waals surface area contributed by atoms with Crippen LogP contribution in [0.1, 0.15) is 25.5 Å². The number of aromatic nitrogens is 1. The first-order valence-corrected chi connectivity index (χ1v) is 6.46. The molecule has 1 saturated heterocycles. The minimum absolute atomic E-state index is 0. The van der Waals surface area contributed by atoms with E-state index < -0.39 is 0 Å². The van der Waals surface area contributed by atoms with E-state index in [1.165, 1.54) is 25.6 Å². The first-order chi connectivity index (χ1) is 8.79. The van der Waals surface area contributed by atoms with Crippen LogP contribution < -0.4 is 11.1 Å². The molecule has 0 bridgehead atoms. The molecule has 0 saturated carbocycles. The average Bonchev–Trinajstić information content (AvgIpc) is 3.04. The fraction of sp³-hybridized carbons (Fsp3) is 0.667. The summed E-state index contributed by atoms with van der Waals surface area (Å²) in [6.45, 7) is 5.81. The number of halogens is 1. The second kappa shape index (κ2) is 8.36. The average molecular weight is 379 g/mol. The maximum atomic E-state index is 5.82. The van der Waals surface area contributed by atoms with Crippen molar-refractivity contribution in [3.8, 4) is 0 Å². The molecular formula is C12H22IN5O. The predicted molar refractivity (Wildman–Crippen MR) is 85.5 cm³/mol. The van der Waals surface area contributed by atoms with E-state index in [0.29, 0.717) is 18.5 Å². The Morgan fingerprint density at radius 3 is 3.21 bits per heavy atom. The first-order valence-electron chi connectivity index (χ1n) is 6.46. The van der Waals surface area contributed by atoms with Crippen LogP contribution in [0.4, 0.5) is 0 Å². The number of nitrogens with two attached hydrogens (primary N) is 1. The van der Waals surface area contributed by atoms with Gasteiger partial charge < -0.3 is 15.6 Å². The van der Waals surface area contributed by atoms with Crippen molar-refractivity contribution in [1.82, 2.24) is 15.4 Å². The molecule has 0 aliphatic carbocycles. The van der Waals surface area contributed by atoms with Gasteiger partial charge in [0.05, 0.1) is 6.54 Å². The summed E-state index contributed by atoms with van der Waals surface area (Å²) >= 11 is 0. The largest absolute Gasteiger partial charge is 0.370 e. The molecule has 2 heterocycles. The Morgan fingerprint density at radius 2 is 2.53 bits per heavy atom. The molecule has 0 spiro atoms. The van der Waals surface area contributed by atoms with Crippen LogP contribution in [0, 0.1) is 0 Å². The molecule has 1 aromatic rings. The van der Waals surface area contributed by atoms with Gasteiger partial charge in [-0.3, -0.25) is 4.90 Å². The van der Waals surface area contributed by atoms with Gasteiger partial charge in [-0.25, -0.2) is 4.99 Å². The van der Waals surface area contributed by atoms with Crippen molar-refractivity contribution in [3.05, 3.63) is 18.0 Å². The van der Waals surface area contributed by atoms with E-state index in [-0.39, 0.29) is 24.0 Å². The minimum Gasteiger partial charge on any atom is -0.370 e. The maximum absolute atomic E-state index is 5.82. The van der Waals surface area contributed by atoms with E-state index in [1.54, 1.807) is 6.07 Å². The third-order valence-corrected chi connectivity index (χ3v) is 3.33. The highest BCUT2D eigenvalue weighted by atomic mass is 127. The van der Waals surface area contributed by atoms with Crippen LogP contribution in [0.2, 0.25) is 0 Å². The van der Waals surface area contributed by atoms with Crippen molar-refractivity contribution in [2.75, 3.05) is 19.6 Å². The summed E-state index contributed by atoms with van der Waals surface area (Å²) in [7, 11) is 0. The number of aliphatic imine (C=N–C) groups is 1. The van der Waals surface area contributed by atoms with Crippen LogP contribution in [0.5, 0.6) is 0 Å². The Bertz CT molecular complexity index is 381. The predicted octanol–water partition coefficient (Wildman–Crippen LogP) is 1.18. The molecule has 1 unspecified atom stereocenters. The fourth-order valence-corrected chi connectivity index (χ4v) is 2.31. The summed E-state index contributed by atoms with van der Waals surface area (Å²) in [6.07, 6.45) is 4.04. The highest BCUT2D eigenvalue weighted by molar-refractivity contribution is 14.0.